The standard InChI is InChI=1S/C25H22N6O2S/c1-33-20-8-2-16(3-9-20)10-12-27-24-21-25(31(15-28-21)19-11-13-34-14-19)30-23(29-24)18-6-4-17(5-7-18)22(26)32/h2-9,11,13-15H,10,12H2,1H3,(H2,26,32)(H,27,29,30). The highest BCUT2D eigenvalue weighted by Crippen LogP contribution is 2.27. The highest BCUT2D eigenvalue weighted by Gasteiger charge is 2.16. The molecule has 34 heavy (non-hydrogen) atoms. The number of anilines is 1. The lowest BCUT2D eigenvalue weighted by atomic mass is 10.1. The van der Waals surface area contributed by atoms with E-state index in [9.17, 15) is 4.79 Å². The summed E-state index contributed by atoms with van der Waals surface area (Å²) in [6.45, 7) is 0.670. The fourth-order valence-electron chi connectivity index (χ4n) is 3.64. The Balaban J connectivity index is 1.49. The summed E-state index contributed by atoms with van der Waals surface area (Å²) in [7, 11) is 1.66. The molecule has 5 aromatic rings. The summed E-state index contributed by atoms with van der Waals surface area (Å²) < 4.78 is 7.18. The lowest BCUT2D eigenvalue weighted by Gasteiger charge is -2.10. The smallest absolute Gasteiger partial charge is 0.248 e. The second kappa shape index (κ2) is 9.32. The molecule has 1 amide bonds. The lowest BCUT2D eigenvalue weighted by molar-refractivity contribution is 0.100. The van der Waals surface area contributed by atoms with E-state index in [-0.39, 0.29) is 0 Å². The number of rotatable bonds is 8. The van der Waals surface area contributed by atoms with Gasteiger partial charge in [-0.05, 0) is 47.7 Å². The van der Waals surface area contributed by atoms with E-state index in [2.05, 4.69) is 10.3 Å². The van der Waals surface area contributed by atoms with Crippen LogP contribution >= 0.6 is 11.3 Å². The number of fused-ring (bicyclic) bond motifs is 1. The van der Waals surface area contributed by atoms with Crippen molar-refractivity contribution in [2.75, 3.05) is 19.0 Å². The normalized spacial score (nSPS) is 11.0. The van der Waals surface area contributed by atoms with Gasteiger partial charge in [0.1, 0.15) is 12.1 Å². The van der Waals surface area contributed by atoms with Gasteiger partial charge in [-0.2, -0.15) is 11.3 Å². The first-order chi connectivity index (χ1) is 16.6. The topological polar surface area (TPSA) is 108 Å². The summed E-state index contributed by atoms with van der Waals surface area (Å²) in [6.07, 6.45) is 2.57. The van der Waals surface area contributed by atoms with Gasteiger partial charge in [0, 0.05) is 23.1 Å². The predicted octanol–water partition coefficient (Wildman–Crippen LogP) is 4.31. The van der Waals surface area contributed by atoms with Crippen molar-refractivity contribution in [2.24, 2.45) is 5.73 Å². The second-order valence-corrected chi connectivity index (χ2v) is 8.41. The van der Waals surface area contributed by atoms with E-state index in [1.54, 1.807) is 49.0 Å². The molecule has 8 nitrogen and oxygen atoms in total. The van der Waals surface area contributed by atoms with E-state index >= 15 is 0 Å². The van der Waals surface area contributed by atoms with Crippen LogP contribution in [0.2, 0.25) is 0 Å². The van der Waals surface area contributed by atoms with Crippen LogP contribution in [0.1, 0.15) is 15.9 Å². The third-order valence-electron chi connectivity index (χ3n) is 5.47. The zero-order valence-electron chi connectivity index (χ0n) is 18.4. The molecule has 3 N–H and O–H groups in total. The van der Waals surface area contributed by atoms with E-state index in [0.717, 1.165) is 23.4 Å². The van der Waals surface area contributed by atoms with E-state index < -0.39 is 5.91 Å². The zero-order chi connectivity index (χ0) is 23.5. The fourth-order valence-corrected chi connectivity index (χ4v) is 4.26. The Hall–Kier alpha value is -4.24. The molecule has 0 unspecified atom stereocenters. The van der Waals surface area contributed by atoms with E-state index in [1.807, 2.05) is 45.7 Å². The Bertz CT molecular complexity index is 1430. The third kappa shape index (κ3) is 4.33. The Morgan fingerprint density at radius 1 is 1.09 bits per heavy atom. The number of methoxy groups -OCH3 is 1. The van der Waals surface area contributed by atoms with Gasteiger partial charge in [0.25, 0.3) is 0 Å². The molecule has 0 fully saturated rings. The zero-order valence-corrected chi connectivity index (χ0v) is 19.2. The van der Waals surface area contributed by atoms with Gasteiger partial charge >= 0.3 is 0 Å². The average Bonchev–Trinajstić information content (AvgIpc) is 3.54. The maximum absolute atomic E-state index is 11.5. The van der Waals surface area contributed by atoms with Crippen LogP contribution in [0.5, 0.6) is 5.75 Å². The highest BCUT2D eigenvalue weighted by atomic mass is 32.1. The summed E-state index contributed by atoms with van der Waals surface area (Å²) in [6, 6.07) is 17.0. The van der Waals surface area contributed by atoms with Crippen LogP contribution in [-0.2, 0) is 6.42 Å². The van der Waals surface area contributed by atoms with Gasteiger partial charge in [-0.3, -0.25) is 9.36 Å². The van der Waals surface area contributed by atoms with Crippen LogP contribution in [0, 0.1) is 0 Å². The number of amides is 1. The Labute approximate surface area is 200 Å². The van der Waals surface area contributed by atoms with Crippen LogP contribution in [-0.4, -0.2) is 39.1 Å². The number of carbonyl (C=O) groups is 1. The SMILES string of the molecule is COc1ccc(CCNc2nc(-c3ccc(C(N)=O)cc3)nc3c2ncn3-c2ccsc2)cc1. The first-order valence-electron chi connectivity index (χ1n) is 10.7. The minimum atomic E-state index is -0.473. The van der Waals surface area contributed by atoms with Crippen molar-refractivity contribution >= 4 is 34.2 Å². The van der Waals surface area contributed by atoms with Crippen LogP contribution in [0.15, 0.2) is 71.7 Å². The van der Waals surface area contributed by atoms with E-state index in [1.165, 1.54) is 5.56 Å². The van der Waals surface area contributed by atoms with Crippen molar-refractivity contribution in [2.45, 2.75) is 6.42 Å². The van der Waals surface area contributed by atoms with Crippen molar-refractivity contribution < 1.29 is 9.53 Å². The molecular weight excluding hydrogens is 448 g/mol. The largest absolute Gasteiger partial charge is 0.497 e. The molecule has 0 aliphatic heterocycles. The number of hydrogen-bond donors (Lipinski definition) is 2. The van der Waals surface area contributed by atoms with Gasteiger partial charge in [-0.15, -0.1) is 0 Å². The number of ether oxygens (including phenoxy) is 1. The molecule has 0 aliphatic rings. The van der Waals surface area contributed by atoms with Gasteiger partial charge in [0.2, 0.25) is 5.91 Å². The number of thiophene rings is 1. The molecule has 0 radical (unpaired) electrons. The number of nitrogens with zero attached hydrogens (tertiary/aromatic N) is 4. The third-order valence-corrected chi connectivity index (χ3v) is 6.14. The summed E-state index contributed by atoms with van der Waals surface area (Å²) in [5, 5.41) is 7.49. The van der Waals surface area contributed by atoms with Crippen LogP contribution in [0.4, 0.5) is 5.82 Å². The van der Waals surface area contributed by atoms with Gasteiger partial charge < -0.3 is 15.8 Å². The van der Waals surface area contributed by atoms with Crippen LogP contribution < -0.4 is 15.8 Å². The molecule has 0 atom stereocenters. The molecule has 0 saturated heterocycles. The molecular formula is C25H22N6O2S. The Morgan fingerprint density at radius 3 is 2.56 bits per heavy atom. The maximum Gasteiger partial charge on any atom is 0.248 e. The predicted molar refractivity (Wildman–Crippen MR) is 134 cm³/mol. The molecule has 2 aromatic carbocycles. The number of nitrogens with one attached hydrogen (secondary N) is 1. The monoisotopic (exact) mass is 470 g/mol. The van der Waals surface area contributed by atoms with Crippen molar-refractivity contribution in [3.8, 4) is 22.8 Å². The Morgan fingerprint density at radius 2 is 1.88 bits per heavy atom. The number of benzene rings is 2. The molecule has 170 valence electrons. The summed E-state index contributed by atoms with van der Waals surface area (Å²) in [5.74, 6) is 1.55. The first kappa shape index (κ1) is 21.6. The minimum Gasteiger partial charge on any atom is -0.497 e. The molecule has 5 rings (SSSR count). The highest BCUT2D eigenvalue weighted by molar-refractivity contribution is 7.08. The quantitative estimate of drug-likeness (QED) is 0.350. The van der Waals surface area contributed by atoms with Crippen molar-refractivity contribution in [1.82, 2.24) is 19.5 Å². The average molecular weight is 471 g/mol. The second-order valence-electron chi connectivity index (χ2n) is 7.63. The molecule has 0 bridgehead atoms. The van der Waals surface area contributed by atoms with Crippen molar-refractivity contribution in [3.05, 3.63) is 82.8 Å². The molecule has 9 heteroatoms. The number of primary amides is 1. The molecule has 0 spiro atoms. The molecule has 3 aromatic heterocycles. The molecule has 0 aliphatic carbocycles. The minimum absolute atomic E-state index is 0.436. The van der Waals surface area contributed by atoms with Gasteiger partial charge in [0.05, 0.1) is 12.8 Å². The maximum atomic E-state index is 11.5. The van der Waals surface area contributed by atoms with Gasteiger partial charge in [-0.1, -0.05) is 24.3 Å². The van der Waals surface area contributed by atoms with Gasteiger partial charge in [-0.25, -0.2) is 15.0 Å². The Kier molecular flexibility index (Phi) is 5.92. The van der Waals surface area contributed by atoms with E-state index in [0.29, 0.717) is 34.9 Å². The van der Waals surface area contributed by atoms with Crippen LogP contribution in [0.3, 0.4) is 0 Å². The number of nitrogens with two attached hydrogens (primary N) is 1. The number of imidazole rings is 1. The first-order valence-corrected chi connectivity index (χ1v) is 11.6. The number of hydrogen-bond acceptors (Lipinski definition) is 7. The summed E-state index contributed by atoms with van der Waals surface area (Å²) in [4.78, 5) is 25.6. The van der Waals surface area contributed by atoms with Crippen LogP contribution in [0.25, 0.3) is 28.2 Å². The van der Waals surface area contributed by atoms with Crippen molar-refractivity contribution in [1.29, 1.82) is 0 Å². The molecule has 3 heterocycles. The fraction of sp³-hybridized carbons (Fsp3) is 0.120. The van der Waals surface area contributed by atoms with E-state index in [4.69, 9.17) is 20.4 Å². The lowest BCUT2D eigenvalue weighted by Crippen LogP contribution is -2.10. The number of aromatic nitrogens is 4. The van der Waals surface area contributed by atoms with Gasteiger partial charge in [0.15, 0.2) is 22.8 Å². The number of carbonyl (C=O) groups excluding carboxylic acids is 1. The molecule has 0 saturated carbocycles. The summed E-state index contributed by atoms with van der Waals surface area (Å²) >= 11 is 1.61. The van der Waals surface area contributed by atoms with Crippen molar-refractivity contribution in [3.63, 3.8) is 0 Å². The summed E-state index contributed by atoms with van der Waals surface area (Å²) in [5.41, 5.74) is 10.2.